The largest absolute Gasteiger partial charge is 0.374 e. The standard InChI is InChI=1S/C14H21N3O/c1-8(2)11-7-13(15-3)17-14(16-11)10-6-9-4-5-12(10)18-9/h7-10,12H,4-6H2,1-3H3,(H,15,16,17). The second-order valence-electron chi connectivity index (χ2n) is 5.66. The zero-order valence-corrected chi connectivity index (χ0v) is 11.3. The highest BCUT2D eigenvalue weighted by Gasteiger charge is 2.43. The number of nitrogens with zero attached hydrogens (tertiary/aromatic N) is 2. The van der Waals surface area contributed by atoms with E-state index in [0.717, 1.165) is 23.8 Å². The van der Waals surface area contributed by atoms with Gasteiger partial charge < -0.3 is 10.1 Å². The average Bonchev–Trinajstić information content (AvgIpc) is 3.00. The summed E-state index contributed by atoms with van der Waals surface area (Å²) in [5.74, 6) is 2.72. The molecule has 3 rings (SSSR count). The van der Waals surface area contributed by atoms with E-state index < -0.39 is 0 Å². The topological polar surface area (TPSA) is 47.0 Å². The third-order valence-electron chi connectivity index (χ3n) is 4.05. The van der Waals surface area contributed by atoms with Crippen LogP contribution in [0.25, 0.3) is 0 Å². The lowest BCUT2D eigenvalue weighted by Crippen LogP contribution is -2.18. The summed E-state index contributed by atoms with van der Waals surface area (Å²) in [6.45, 7) is 4.34. The summed E-state index contributed by atoms with van der Waals surface area (Å²) in [6.07, 6.45) is 4.27. The second kappa shape index (κ2) is 4.50. The fourth-order valence-electron chi connectivity index (χ4n) is 2.98. The van der Waals surface area contributed by atoms with Gasteiger partial charge in [0.25, 0.3) is 0 Å². The van der Waals surface area contributed by atoms with Crippen LogP contribution in [0.4, 0.5) is 5.82 Å². The van der Waals surface area contributed by atoms with Crippen molar-refractivity contribution in [1.82, 2.24) is 9.97 Å². The second-order valence-corrected chi connectivity index (χ2v) is 5.66. The van der Waals surface area contributed by atoms with Crippen molar-refractivity contribution < 1.29 is 4.74 Å². The molecule has 1 aromatic heterocycles. The van der Waals surface area contributed by atoms with Crippen LogP contribution < -0.4 is 5.32 Å². The molecule has 4 nitrogen and oxygen atoms in total. The number of hydrogen-bond donors (Lipinski definition) is 1. The van der Waals surface area contributed by atoms with E-state index in [0.29, 0.717) is 24.0 Å². The van der Waals surface area contributed by atoms with Gasteiger partial charge in [-0.2, -0.15) is 0 Å². The highest BCUT2D eigenvalue weighted by Crippen LogP contribution is 2.43. The lowest BCUT2D eigenvalue weighted by Gasteiger charge is -2.19. The van der Waals surface area contributed by atoms with Crippen molar-refractivity contribution in [1.29, 1.82) is 0 Å². The Balaban J connectivity index is 1.93. The SMILES string of the molecule is CNc1cc(C(C)C)nc(C2CC3CCC2O3)n1. The molecule has 18 heavy (non-hydrogen) atoms. The van der Waals surface area contributed by atoms with E-state index in [4.69, 9.17) is 9.72 Å². The fraction of sp³-hybridized carbons (Fsp3) is 0.714. The summed E-state index contributed by atoms with van der Waals surface area (Å²) in [5, 5.41) is 3.14. The van der Waals surface area contributed by atoms with Crippen molar-refractivity contribution in [2.45, 2.75) is 57.2 Å². The number of rotatable bonds is 3. The summed E-state index contributed by atoms with van der Waals surface area (Å²) < 4.78 is 5.91. The Morgan fingerprint density at radius 1 is 1.33 bits per heavy atom. The molecule has 2 aliphatic rings. The van der Waals surface area contributed by atoms with Crippen molar-refractivity contribution in [2.75, 3.05) is 12.4 Å². The van der Waals surface area contributed by atoms with Gasteiger partial charge in [0, 0.05) is 24.7 Å². The molecule has 2 fully saturated rings. The third kappa shape index (κ3) is 1.99. The quantitative estimate of drug-likeness (QED) is 0.892. The Hall–Kier alpha value is -1.16. The highest BCUT2D eigenvalue weighted by atomic mass is 16.5. The van der Waals surface area contributed by atoms with Gasteiger partial charge in [-0.3, -0.25) is 0 Å². The first-order valence-electron chi connectivity index (χ1n) is 6.89. The van der Waals surface area contributed by atoms with Gasteiger partial charge in [0.05, 0.1) is 12.2 Å². The van der Waals surface area contributed by atoms with Crippen LogP contribution in [0.5, 0.6) is 0 Å². The summed E-state index contributed by atoms with van der Waals surface area (Å²) in [7, 11) is 1.91. The van der Waals surface area contributed by atoms with Crippen LogP contribution in [-0.4, -0.2) is 29.2 Å². The summed E-state index contributed by atoms with van der Waals surface area (Å²) in [5.41, 5.74) is 1.12. The molecular weight excluding hydrogens is 226 g/mol. The van der Waals surface area contributed by atoms with Gasteiger partial charge in [0.15, 0.2) is 0 Å². The normalized spacial score (nSPS) is 30.1. The van der Waals surface area contributed by atoms with Gasteiger partial charge in [0.2, 0.25) is 0 Å². The molecule has 98 valence electrons. The summed E-state index contributed by atoms with van der Waals surface area (Å²) in [4.78, 5) is 9.38. The van der Waals surface area contributed by atoms with Gasteiger partial charge in [-0.25, -0.2) is 9.97 Å². The Labute approximate surface area is 108 Å². The molecule has 2 saturated heterocycles. The van der Waals surface area contributed by atoms with E-state index >= 15 is 0 Å². The molecule has 2 aliphatic heterocycles. The number of anilines is 1. The predicted molar refractivity (Wildman–Crippen MR) is 70.9 cm³/mol. The monoisotopic (exact) mass is 247 g/mol. The van der Waals surface area contributed by atoms with E-state index in [1.54, 1.807) is 0 Å². The van der Waals surface area contributed by atoms with E-state index in [1.165, 1.54) is 12.8 Å². The fourth-order valence-corrected chi connectivity index (χ4v) is 2.98. The van der Waals surface area contributed by atoms with E-state index in [-0.39, 0.29) is 0 Å². The van der Waals surface area contributed by atoms with Gasteiger partial charge in [-0.05, 0) is 25.2 Å². The molecule has 0 aromatic carbocycles. The molecule has 3 unspecified atom stereocenters. The Morgan fingerprint density at radius 2 is 2.17 bits per heavy atom. The maximum Gasteiger partial charge on any atom is 0.136 e. The molecule has 1 N–H and O–H groups in total. The number of aromatic nitrogens is 2. The zero-order chi connectivity index (χ0) is 12.7. The Bertz CT molecular complexity index is 447. The van der Waals surface area contributed by atoms with Crippen molar-refractivity contribution in [3.8, 4) is 0 Å². The minimum absolute atomic E-state index is 0.349. The Morgan fingerprint density at radius 3 is 2.72 bits per heavy atom. The van der Waals surface area contributed by atoms with Crippen LogP contribution in [0.1, 0.15) is 56.5 Å². The van der Waals surface area contributed by atoms with Crippen LogP contribution in [-0.2, 0) is 4.74 Å². The van der Waals surface area contributed by atoms with Crippen LogP contribution in [0.2, 0.25) is 0 Å². The molecule has 3 atom stereocenters. The first-order chi connectivity index (χ1) is 8.67. The molecule has 0 saturated carbocycles. The predicted octanol–water partition coefficient (Wildman–Crippen LogP) is 2.68. The molecule has 0 amide bonds. The number of fused-ring (bicyclic) bond motifs is 2. The van der Waals surface area contributed by atoms with Gasteiger partial charge >= 0.3 is 0 Å². The third-order valence-corrected chi connectivity index (χ3v) is 4.05. The van der Waals surface area contributed by atoms with E-state index in [1.807, 2.05) is 13.1 Å². The van der Waals surface area contributed by atoms with Crippen LogP contribution in [0.3, 0.4) is 0 Å². The maximum atomic E-state index is 5.91. The number of ether oxygens (including phenoxy) is 1. The average molecular weight is 247 g/mol. The molecule has 0 radical (unpaired) electrons. The molecule has 0 aliphatic carbocycles. The molecule has 4 heteroatoms. The lowest BCUT2D eigenvalue weighted by molar-refractivity contribution is 0.0998. The van der Waals surface area contributed by atoms with Crippen LogP contribution in [0.15, 0.2) is 6.07 Å². The van der Waals surface area contributed by atoms with Crippen molar-refractivity contribution >= 4 is 5.82 Å². The van der Waals surface area contributed by atoms with Crippen molar-refractivity contribution in [3.05, 3.63) is 17.6 Å². The van der Waals surface area contributed by atoms with Gasteiger partial charge in [-0.1, -0.05) is 13.8 Å². The first kappa shape index (κ1) is 11.9. The van der Waals surface area contributed by atoms with Gasteiger partial charge in [-0.15, -0.1) is 0 Å². The van der Waals surface area contributed by atoms with Crippen LogP contribution >= 0.6 is 0 Å². The number of hydrogen-bond acceptors (Lipinski definition) is 4. The highest BCUT2D eigenvalue weighted by molar-refractivity contribution is 5.37. The van der Waals surface area contributed by atoms with Crippen molar-refractivity contribution in [3.63, 3.8) is 0 Å². The molecule has 3 heterocycles. The smallest absolute Gasteiger partial charge is 0.136 e. The molecule has 1 aromatic rings. The van der Waals surface area contributed by atoms with Gasteiger partial charge in [0.1, 0.15) is 11.6 Å². The minimum Gasteiger partial charge on any atom is -0.374 e. The Kier molecular flexibility index (Phi) is 2.98. The molecule has 2 bridgehead atoms. The lowest BCUT2D eigenvalue weighted by atomic mass is 9.88. The van der Waals surface area contributed by atoms with Crippen molar-refractivity contribution in [2.24, 2.45) is 0 Å². The van der Waals surface area contributed by atoms with Crippen LogP contribution in [0, 0.1) is 0 Å². The summed E-state index contributed by atoms with van der Waals surface area (Å²) in [6, 6.07) is 2.04. The number of nitrogens with one attached hydrogen (secondary N) is 1. The summed E-state index contributed by atoms with van der Waals surface area (Å²) >= 11 is 0. The zero-order valence-electron chi connectivity index (χ0n) is 11.3. The van der Waals surface area contributed by atoms with E-state index in [9.17, 15) is 0 Å². The molecular formula is C14H21N3O. The van der Waals surface area contributed by atoms with E-state index in [2.05, 4.69) is 24.1 Å². The maximum absolute atomic E-state index is 5.91. The molecule has 0 spiro atoms. The minimum atomic E-state index is 0.349. The first-order valence-corrected chi connectivity index (χ1v) is 6.89.